The van der Waals surface area contributed by atoms with Gasteiger partial charge in [0, 0.05) is 61.8 Å². The summed E-state index contributed by atoms with van der Waals surface area (Å²) in [5, 5.41) is 11.5. The van der Waals surface area contributed by atoms with E-state index in [2.05, 4.69) is 22.3 Å². The van der Waals surface area contributed by atoms with Crippen molar-refractivity contribution in [2.45, 2.75) is 57.0 Å². The first-order valence-electron chi connectivity index (χ1n) is 16.2. The summed E-state index contributed by atoms with van der Waals surface area (Å²) in [4.78, 5) is 16.6. The van der Waals surface area contributed by atoms with Crippen LogP contribution in [-0.4, -0.2) is 83.0 Å². The number of aromatic nitrogens is 1. The number of benzene rings is 2. The molecular weight excluding hydrogens is 588 g/mol. The van der Waals surface area contributed by atoms with Gasteiger partial charge in [-0.2, -0.15) is 4.99 Å². The molecule has 238 valence electrons. The zero-order chi connectivity index (χ0) is 31.7. The predicted molar refractivity (Wildman–Crippen MR) is 171 cm³/mol. The van der Waals surface area contributed by atoms with E-state index in [0.717, 1.165) is 51.7 Å². The predicted octanol–water partition coefficient (Wildman–Crippen LogP) is 5.85. The molecule has 2 bridgehead atoms. The van der Waals surface area contributed by atoms with Crippen LogP contribution in [0.4, 0.5) is 14.5 Å². The lowest BCUT2D eigenvalue weighted by Gasteiger charge is -2.48. The number of ether oxygens (including phenoxy) is 2. The highest BCUT2D eigenvalue weighted by Crippen LogP contribution is 2.48. The molecule has 0 saturated carbocycles. The lowest BCUT2D eigenvalue weighted by atomic mass is 9.85. The summed E-state index contributed by atoms with van der Waals surface area (Å²) in [5.74, 6) is 1.36. The number of aliphatic imine (C=N–C) groups is 1. The quantitative estimate of drug-likeness (QED) is 0.283. The smallest absolute Gasteiger partial charge is 0.295 e. The maximum absolute atomic E-state index is 17.2. The molecule has 8 nitrogen and oxygen atoms in total. The minimum atomic E-state index is -0.654. The van der Waals surface area contributed by atoms with Gasteiger partial charge in [-0.25, -0.2) is 13.8 Å². The van der Waals surface area contributed by atoms with Gasteiger partial charge in [-0.3, -0.25) is 9.80 Å². The number of hydrogen-bond donors (Lipinski definition) is 1. The molecule has 5 aliphatic rings. The topological polar surface area (TPSA) is 73.7 Å². The number of pyridine rings is 1. The van der Waals surface area contributed by atoms with Crippen molar-refractivity contribution in [3.05, 3.63) is 64.9 Å². The van der Waals surface area contributed by atoms with Gasteiger partial charge in [0.05, 0.1) is 17.9 Å². The molecule has 8 rings (SSSR count). The van der Waals surface area contributed by atoms with Crippen molar-refractivity contribution in [2.24, 2.45) is 10.9 Å². The third-order valence-corrected chi connectivity index (χ3v) is 10.3. The Morgan fingerprint density at radius 3 is 2.87 bits per heavy atom. The Morgan fingerprint density at radius 2 is 2.04 bits per heavy atom. The molecule has 6 heterocycles. The van der Waals surface area contributed by atoms with E-state index in [1.807, 2.05) is 11.9 Å². The molecule has 3 fully saturated rings. The molecule has 46 heavy (non-hydrogen) atoms. The lowest BCUT2D eigenvalue weighted by Crippen LogP contribution is -2.55. The fourth-order valence-electron chi connectivity index (χ4n) is 8.30. The summed E-state index contributed by atoms with van der Waals surface area (Å²) < 4.78 is 45.0. The molecule has 4 unspecified atom stereocenters. The van der Waals surface area contributed by atoms with Crippen molar-refractivity contribution < 1.29 is 23.4 Å². The molecule has 10 heteroatoms. The Bertz CT molecular complexity index is 1820. The first-order chi connectivity index (χ1) is 22.3. The normalized spacial score (nSPS) is 27.6. The number of halogens is 2. The average Bonchev–Trinajstić information content (AvgIpc) is 3.35. The molecule has 3 saturated heterocycles. The van der Waals surface area contributed by atoms with Crippen molar-refractivity contribution in [1.82, 2.24) is 19.7 Å². The van der Waals surface area contributed by atoms with Gasteiger partial charge in [0.2, 0.25) is 0 Å². The lowest BCUT2D eigenvalue weighted by molar-refractivity contribution is -0.0801. The number of terminal acetylenes is 1. The van der Waals surface area contributed by atoms with Gasteiger partial charge in [0.15, 0.2) is 12.0 Å². The van der Waals surface area contributed by atoms with Gasteiger partial charge in [-0.15, -0.1) is 6.42 Å². The van der Waals surface area contributed by atoms with Crippen molar-refractivity contribution in [1.29, 1.82) is 0 Å². The number of phenolic OH excluding ortho intramolecular Hbond substituents is 1. The molecule has 3 aromatic rings. The van der Waals surface area contributed by atoms with E-state index >= 15 is 8.78 Å². The summed E-state index contributed by atoms with van der Waals surface area (Å²) in [7, 11) is 1.97. The summed E-state index contributed by atoms with van der Waals surface area (Å²) >= 11 is 0. The summed E-state index contributed by atoms with van der Waals surface area (Å²) in [6.45, 7) is 7.96. The standard InChI is InChI=1S/C36H37F2N5O3/c1-4-25-27(37)10-8-21-16-24(44)17-26(29(21)25)32-31(38)33-30-28(39-32)11-9-23-19-45-14-6-13-43(23)34(30)41(3)36(40-33)46-35-22-7-5-12-42(35)18-20(2)15-22/h1,8,10,16-17,22-23,34-35,44H,2,5-7,9,11-15,18-19H2,3H3/t22-,23?,34?,35?/m1/s1. The van der Waals surface area contributed by atoms with E-state index < -0.39 is 11.6 Å². The third kappa shape index (κ3) is 4.67. The Kier molecular flexibility index (Phi) is 7.24. The Morgan fingerprint density at radius 1 is 1.17 bits per heavy atom. The van der Waals surface area contributed by atoms with Crippen molar-refractivity contribution >= 4 is 22.5 Å². The molecule has 0 amide bonds. The Hall–Kier alpha value is -4.04. The number of hydrogen-bond acceptors (Lipinski definition) is 8. The first kappa shape index (κ1) is 29.4. The molecule has 0 aliphatic carbocycles. The van der Waals surface area contributed by atoms with Gasteiger partial charge in [0.1, 0.15) is 29.1 Å². The molecule has 1 aromatic heterocycles. The first-order valence-corrected chi connectivity index (χ1v) is 16.2. The number of aromatic hydroxyl groups is 1. The van der Waals surface area contributed by atoms with E-state index in [-0.39, 0.29) is 52.6 Å². The zero-order valence-electron chi connectivity index (χ0n) is 25.9. The number of amidine groups is 1. The summed E-state index contributed by atoms with van der Waals surface area (Å²) in [6, 6.07) is 6.13. The van der Waals surface area contributed by atoms with Crippen LogP contribution < -0.4 is 0 Å². The molecular formula is C36H37F2N5O3. The van der Waals surface area contributed by atoms with Crippen molar-refractivity contribution in [3.63, 3.8) is 0 Å². The fraction of sp³-hybridized carbons (Fsp3) is 0.444. The molecule has 1 N–H and O–H groups in total. The van der Waals surface area contributed by atoms with Crippen LogP contribution in [0.5, 0.6) is 5.75 Å². The highest BCUT2D eigenvalue weighted by atomic mass is 19.1. The minimum absolute atomic E-state index is 0.00701. The minimum Gasteiger partial charge on any atom is -0.508 e. The van der Waals surface area contributed by atoms with E-state index in [4.69, 9.17) is 25.9 Å². The Balaban J connectivity index is 1.34. The molecule has 5 atom stereocenters. The number of nitrogens with zero attached hydrogens (tertiary/aromatic N) is 5. The maximum atomic E-state index is 17.2. The van der Waals surface area contributed by atoms with Crippen LogP contribution in [0, 0.1) is 29.9 Å². The monoisotopic (exact) mass is 625 g/mol. The summed E-state index contributed by atoms with van der Waals surface area (Å²) in [5.41, 5.74) is 2.99. The van der Waals surface area contributed by atoms with Crippen LogP contribution in [0.3, 0.4) is 0 Å². The third-order valence-electron chi connectivity index (χ3n) is 10.3. The van der Waals surface area contributed by atoms with Crippen LogP contribution in [-0.2, 0) is 15.9 Å². The molecule has 5 aliphatic heterocycles. The van der Waals surface area contributed by atoms with E-state index in [0.29, 0.717) is 47.7 Å². The van der Waals surface area contributed by atoms with Gasteiger partial charge in [0.25, 0.3) is 6.02 Å². The van der Waals surface area contributed by atoms with E-state index in [9.17, 15) is 5.11 Å². The van der Waals surface area contributed by atoms with Gasteiger partial charge in [-0.05, 0) is 62.1 Å². The van der Waals surface area contributed by atoms with Crippen LogP contribution in [0.15, 0.2) is 41.4 Å². The van der Waals surface area contributed by atoms with Crippen LogP contribution in [0.2, 0.25) is 0 Å². The highest BCUT2D eigenvalue weighted by Gasteiger charge is 2.45. The highest BCUT2D eigenvalue weighted by molar-refractivity contribution is 6.01. The molecule has 0 spiro atoms. The number of aryl methyl sites for hydroxylation is 1. The number of piperidine rings is 2. The second-order valence-electron chi connectivity index (χ2n) is 13.2. The number of phenols is 1. The maximum Gasteiger partial charge on any atom is 0.295 e. The molecule has 2 aromatic carbocycles. The van der Waals surface area contributed by atoms with Crippen molar-refractivity contribution in [2.75, 3.05) is 39.9 Å². The van der Waals surface area contributed by atoms with Gasteiger partial charge in [-0.1, -0.05) is 24.1 Å². The van der Waals surface area contributed by atoms with Gasteiger partial charge < -0.3 is 19.5 Å². The van der Waals surface area contributed by atoms with Crippen molar-refractivity contribution in [3.8, 4) is 29.4 Å². The van der Waals surface area contributed by atoms with Crippen LogP contribution in [0.1, 0.15) is 55.1 Å². The van der Waals surface area contributed by atoms with E-state index in [1.165, 1.54) is 29.8 Å². The largest absolute Gasteiger partial charge is 0.508 e. The second-order valence-corrected chi connectivity index (χ2v) is 13.2. The van der Waals surface area contributed by atoms with Crippen LogP contribution in [0.25, 0.3) is 22.0 Å². The Labute approximate surface area is 267 Å². The van der Waals surface area contributed by atoms with Crippen LogP contribution >= 0.6 is 0 Å². The van der Waals surface area contributed by atoms with Gasteiger partial charge >= 0.3 is 0 Å². The number of rotatable bonds is 2. The summed E-state index contributed by atoms with van der Waals surface area (Å²) in [6.07, 6.45) is 10.4. The SMILES string of the molecule is C#Cc1c(F)ccc2cc(O)cc(-c3nc4c5c(c3F)N=C(OC3[C@@H]6CCCN3CC(=C)C6)N(C)C5N3CCCOCC3CC4)c12. The van der Waals surface area contributed by atoms with E-state index in [1.54, 1.807) is 0 Å². The zero-order valence-corrected chi connectivity index (χ0v) is 25.9. The second kappa shape index (κ2) is 11.3. The molecule has 0 radical (unpaired) electrons. The average molecular weight is 626 g/mol. The fourth-order valence-corrected chi connectivity index (χ4v) is 8.30. The number of fused-ring (bicyclic) bond motifs is 5.